The fraction of sp³-hybridized carbons (Fsp3) is 0.400. The Hall–Kier alpha value is -2.40. The van der Waals surface area contributed by atoms with Crippen LogP contribution in [0.1, 0.15) is 23.2 Å². The molecule has 1 fully saturated rings. The molecule has 130 valence electrons. The number of pyridine rings is 1. The van der Waals surface area contributed by atoms with Crippen molar-refractivity contribution in [2.45, 2.75) is 25.9 Å². The van der Waals surface area contributed by atoms with Crippen molar-refractivity contribution in [1.29, 1.82) is 0 Å². The molecule has 1 saturated heterocycles. The van der Waals surface area contributed by atoms with E-state index in [0.29, 0.717) is 12.5 Å². The van der Waals surface area contributed by atoms with Crippen LogP contribution in [0.4, 0.5) is 10.5 Å². The lowest BCUT2D eigenvalue weighted by molar-refractivity contribution is 0.109. The Morgan fingerprint density at radius 3 is 3.08 bits per heavy atom. The number of aromatic nitrogens is 1. The Kier molecular flexibility index (Phi) is 4.65. The van der Waals surface area contributed by atoms with Crippen LogP contribution in [0.5, 0.6) is 0 Å². The molecule has 1 N–H and O–H groups in total. The fourth-order valence-electron chi connectivity index (χ4n) is 3.64. The number of anilines is 1. The molecule has 1 atom stereocenters. The first-order valence-electron chi connectivity index (χ1n) is 8.93. The molecule has 0 unspecified atom stereocenters. The number of carbonyl (C=O) groups excluding carboxylic acids is 1. The van der Waals surface area contributed by atoms with E-state index in [2.05, 4.69) is 34.6 Å². The van der Waals surface area contributed by atoms with Crippen molar-refractivity contribution in [3.63, 3.8) is 0 Å². The van der Waals surface area contributed by atoms with Gasteiger partial charge in [0.05, 0.1) is 25.1 Å². The average Bonchev–Trinajstić information content (AvgIpc) is 3.11. The first kappa shape index (κ1) is 16.1. The zero-order valence-electron chi connectivity index (χ0n) is 14.3. The van der Waals surface area contributed by atoms with Crippen molar-refractivity contribution in [2.75, 3.05) is 25.0 Å². The third-order valence-electron chi connectivity index (χ3n) is 4.99. The maximum absolute atomic E-state index is 12.5. The van der Waals surface area contributed by atoms with Gasteiger partial charge < -0.3 is 15.0 Å². The van der Waals surface area contributed by atoms with Crippen molar-refractivity contribution in [3.8, 4) is 0 Å². The molecule has 2 amide bonds. The van der Waals surface area contributed by atoms with Gasteiger partial charge in [0.1, 0.15) is 0 Å². The van der Waals surface area contributed by atoms with Gasteiger partial charge in [0.15, 0.2) is 0 Å². The van der Waals surface area contributed by atoms with Gasteiger partial charge in [0, 0.05) is 30.8 Å². The van der Waals surface area contributed by atoms with Crippen molar-refractivity contribution >= 4 is 11.7 Å². The molecule has 0 bridgehead atoms. The summed E-state index contributed by atoms with van der Waals surface area (Å²) in [5.74, 6) is 0.531. The second-order valence-electron chi connectivity index (χ2n) is 6.85. The third kappa shape index (κ3) is 3.82. The molecule has 0 spiro atoms. The van der Waals surface area contributed by atoms with E-state index in [9.17, 15) is 4.79 Å². The summed E-state index contributed by atoms with van der Waals surface area (Å²) < 4.78 is 5.46. The highest BCUT2D eigenvalue weighted by atomic mass is 16.5. The summed E-state index contributed by atoms with van der Waals surface area (Å²) in [6.07, 6.45) is 4.68. The molecule has 0 aliphatic carbocycles. The number of likely N-dealkylation sites (tertiary alicyclic amines) is 1. The fourth-order valence-corrected chi connectivity index (χ4v) is 3.64. The Labute approximate surface area is 148 Å². The molecule has 2 aliphatic heterocycles. The maximum atomic E-state index is 12.5. The molecule has 4 rings (SSSR count). The van der Waals surface area contributed by atoms with Crippen LogP contribution in [-0.4, -0.2) is 35.6 Å². The SMILES string of the molecule is O=C(Nc1cnc2c(c1)COCC2)N1CC[C@@H](Cc2ccccc2)C1. The van der Waals surface area contributed by atoms with Crippen LogP contribution in [0.15, 0.2) is 42.6 Å². The van der Waals surface area contributed by atoms with E-state index in [1.807, 2.05) is 17.0 Å². The van der Waals surface area contributed by atoms with Crippen molar-refractivity contribution in [2.24, 2.45) is 5.92 Å². The molecule has 1 aromatic heterocycles. The predicted octanol–water partition coefficient (Wildman–Crippen LogP) is 3.25. The Morgan fingerprint density at radius 1 is 1.32 bits per heavy atom. The minimum atomic E-state index is -0.0333. The largest absolute Gasteiger partial charge is 0.376 e. The quantitative estimate of drug-likeness (QED) is 0.935. The smallest absolute Gasteiger partial charge is 0.321 e. The van der Waals surface area contributed by atoms with E-state index >= 15 is 0 Å². The van der Waals surface area contributed by atoms with Crippen LogP contribution in [0.2, 0.25) is 0 Å². The number of amides is 2. The van der Waals surface area contributed by atoms with Crippen molar-refractivity contribution in [3.05, 3.63) is 59.4 Å². The highest BCUT2D eigenvalue weighted by molar-refractivity contribution is 5.89. The molecule has 5 nitrogen and oxygen atoms in total. The number of rotatable bonds is 3. The number of nitrogens with zero attached hydrogens (tertiary/aromatic N) is 2. The molecule has 3 heterocycles. The molecular weight excluding hydrogens is 314 g/mol. The normalized spacial score (nSPS) is 19.5. The molecule has 5 heteroatoms. The van der Waals surface area contributed by atoms with Gasteiger partial charge in [-0.1, -0.05) is 30.3 Å². The summed E-state index contributed by atoms with van der Waals surface area (Å²) in [5, 5.41) is 2.99. The summed E-state index contributed by atoms with van der Waals surface area (Å²) in [5.41, 5.74) is 4.25. The summed E-state index contributed by atoms with van der Waals surface area (Å²) in [4.78, 5) is 18.9. The highest BCUT2D eigenvalue weighted by Crippen LogP contribution is 2.23. The zero-order valence-corrected chi connectivity index (χ0v) is 14.3. The third-order valence-corrected chi connectivity index (χ3v) is 4.99. The van der Waals surface area contributed by atoms with Crippen LogP contribution in [-0.2, 0) is 24.2 Å². The lowest BCUT2D eigenvalue weighted by atomic mass is 9.99. The number of benzene rings is 1. The first-order chi connectivity index (χ1) is 12.3. The monoisotopic (exact) mass is 337 g/mol. The second kappa shape index (κ2) is 7.23. The molecule has 0 radical (unpaired) electrons. The minimum absolute atomic E-state index is 0.0333. The van der Waals surface area contributed by atoms with E-state index in [4.69, 9.17) is 4.74 Å². The van der Waals surface area contributed by atoms with E-state index in [0.717, 1.165) is 55.9 Å². The van der Waals surface area contributed by atoms with Gasteiger partial charge in [-0.3, -0.25) is 4.98 Å². The van der Waals surface area contributed by atoms with Crippen LogP contribution < -0.4 is 5.32 Å². The molecular formula is C20H23N3O2. The predicted molar refractivity (Wildman–Crippen MR) is 96.4 cm³/mol. The van der Waals surface area contributed by atoms with Gasteiger partial charge in [0.25, 0.3) is 0 Å². The van der Waals surface area contributed by atoms with Crippen molar-refractivity contribution < 1.29 is 9.53 Å². The zero-order chi connectivity index (χ0) is 17.1. The average molecular weight is 337 g/mol. The number of hydrogen-bond donors (Lipinski definition) is 1. The van der Waals surface area contributed by atoms with E-state index < -0.39 is 0 Å². The van der Waals surface area contributed by atoms with Crippen molar-refractivity contribution in [1.82, 2.24) is 9.88 Å². The summed E-state index contributed by atoms with van der Waals surface area (Å²) >= 11 is 0. The van der Waals surface area contributed by atoms with E-state index in [-0.39, 0.29) is 6.03 Å². The summed E-state index contributed by atoms with van der Waals surface area (Å²) in [6.45, 7) is 2.92. The summed E-state index contributed by atoms with van der Waals surface area (Å²) in [7, 11) is 0. The maximum Gasteiger partial charge on any atom is 0.321 e. The van der Waals surface area contributed by atoms with Gasteiger partial charge >= 0.3 is 6.03 Å². The number of carbonyl (C=O) groups is 1. The minimum Gasteiger partial charge on any atom is -0.376 e. The molecule has 1 aromatic carbocycles. The number of nitrogens with one attached hydrogen (secondary N) is 1. The Balaban J connectivity index is 1.34. The van der Waals surface area contributed by atoms with Crippen LogP contribution in [0.3, 0.4) is 0 Å². The lowest BCUT2D eigenvalue weighted by Gasteiger charge is -2.19. The molecule has 25 heavy (non-hydrogen) atoms. The molecule has 2 aromatic rings. The van der Waals surface area contributed by atoms with Crippen LogP contribution >= 0.6 is 0 Å². The Bertz CT molecular complexity index is 748. The highest BCUT2D eigenvalue weighted by Gasteiger charge is 2.26. The lowest BCUT2D eigenvalue weighted by Crippen LogP contribution is -2.33. The van der Waals surface area contributed by atoms with Gasteiger partial charge in [-0.15, -0.1) is 0 Å². The standard InChI is InChI=1S/C20H23N3O2/c24-20(22-18-11-17-14-25-9-7-19(17)21-12-18)23-8-6-16(13-23)10-15-4-2-1-3-5-15/h1-5,11-12,16H,6-10,13-14H2,(H,22,24)/t16-/m0/s1. The topological polar surface area (TPSA) is 54.5 Å². The van der Waals surface area contributed by atoms with Crippen LogP contribution in [0.25, 0.3) is 0 Å². The number of fused-ring (bicyclic) bond motifs is 1. The second-order valence-corrected chi connectivity index (χ2v) is 6.85. The number of ether oxygens (including phenoxy) is 1. The summed E-state index contributed by atoms with van der Waals surface area (Å²) in [6, 6.07) is 12.4. The Morgan fingerprint density at radius 2 is 2.20 bits per heavy atom. The van der Waals surface area contributed by atoms with Gasteiger partial charge in [-0.25, -0.2) is 4.79 Å². The van der Waals surface area contributed by atoms with Gasteiger partial charge in [0.2, 0.25) is 0 Å². The van der Waals surface area contributed by atoms with E-state index in [1.165, 1.54) is 5.56 Å². The van der Waals surface area contributed by atoms with Crippen LogP contribution in [0, 0.1) is 5.92 Å². The van der Waals surface area contributed by atoms with E-state index in [1.54, 1.807) is 6.20 Å². The van der Waals surface area contributed by atoms with Gasteiger partial charge in [-0.2, -0.15) is 0 Å². The molecule has 2 aliphatic rings. The number of hydrogen-bond acceptors (Lipinski definition) is 3. The van der Waals surface area contributed by atoms with Gasteiger partial charge in [-0.05, 0) is 30.4 Å². The molecule has 0 saturated carbocycles. The number of urea groups is 1. The first-order valence-corrected chi connectivity index (χ1v) is 8.93.